The van der Waals surface area contributed by atoms with Gasteiger partial charge in [-0.15, -0.1) is 0 Å². The molecule has 0 aliphatic heterocycles. The van der Waals surface area contributed by atoms with Gasteiger partial charge >= 0.3 is 316 Å². The molecule has 54 heavy (non-hydrogen) atoms. The number of carbonyl (C=O) groups excluding carboxylic acids is 2. The minimum atomic E-state index is -4.54. The Morgan fingerprint density at radius 1 is 0.704 bits per heavy atom. The summed E-state index contributed by atoms with van der Waals surface area (Å²) in [6.07, 6.45) is -1.48. The molecular weight excluding hydrogens is 848 g/mol. The standard InChI is InChI=1S/C20H14F2N4OSe.C16H12F4N4OSe/c1-26-17(10-16(25-26)12-6-2-4-8-14(12)21)18-11-23-20(28-18)24-19(27)13-7-3-5-9-15(13)22;1-2-24-11(7-13(23-24)16(18,19)20)12-8-21-15(26-12)22-14(25)9-5-3-4-6-10(9)17/h2-11H,1H3,(H,23,24,27);3-8H,2H2,1H3,(H,21,22,25). The van der Waals surface area contributed by atoms with Crippen molar-refractivity contribution in [3.8, 4) is 31.5 Å². The Morgan fingerprint density at radius 2 is 1.20 bits per heavy atom. The second-order valence-electron chi connectivity index (χ2n) is 11.2. The molecule has 2 amide bonds. The van der Waals surface area contributed by atoms with Crippen molar-refractivity contribution in [2.24, 2.45) is 7.05 Å². The van der Waals surface area contributed by atoms with Gasteiger partial charge in [0, 0.05) is 0 Å². The number of carbonyl (C=O) groups is 2. The summed E-state index contributed by atoms with van der Waals surface area (Å²) in [5, 5.41) is 13.1. The quantitative estimate of drug-likeness (QED) is 0.124. The summed E-state index contributed by atoms with van der Waals surface area (Å²) in [4.78, 5) is 32.6. The number of hydrogen-bond acceptors (Lipinski definition) is 6. The first-order chi connectivity index (χ1) is 25.8. The van der Waals surface area contributed by atoms with E-state index in [1.54, 1.807) is 55.2 Å². The second kappa shape index (κ2) is 16.2. The summed E-state index contributed by atoms with van der Waals surface area (Å²) in [6.45, 7) is 1.94. The first-order valence-corrected chi connectivity index (χ1v) is 19.2. The molecule has 0 atom stereocenters. The Morgan fingerprint density at radius 3 is 1.70 bits per heavy atom. The molecule has 7 aromatic rings. The van der Waals surface area contributed by atoms with Crippen molar-refractivity contribution in [2.75, 3.05) is 10.6 Å². The fourth-order valence-corrected chi connectivity index (χ4v) is 8.56. The van der Waals surface area contributed by atoms with Gasteiger partial charge in [-0.2, -0.15) is 0 Å². The van der Waals surface area contributed by atoms with Crippen LogP contribution in [0.15, 0.2) is 97.3 Å². The summed E-state index contributed by atoms with van der Waals surface area (Å²) < 4.78 is 85.1. The molecule has 0 aliphatic rings. The first kappa shape index (κ1) is 38.2. The summed E-state index contributed by atoms with van der Waals surface area (Å²) in [5.41, 5.74) is 0.903. The van der Waals surface area contributed by atoms with Crippen LogP contribution < -0.4 is 10.6 Å². The van der Waals surface area contributed by atoms with Gasteiger partial charge in [-0.05, 0) is 0 Å². The van der Waals surface area contributed by atoms with Crippen LogP contribution in [0.4, 0.5) is 35.7 Å². The predicted molar refractivity (Wildman–Crippen MR) is 191 cm³/mol. The van der Waals surface area contributed by atoms with Gasteiger partial charge in [-0.25, -0.2) is 0 Å². The zero-order chi connectivity index (χ0) is 38.6. The number of nitrogens with one attached hydrogen (secondary N) is 2. The SMILES string of the molecule is CCn1nc(C(F)(F)F)cc1-c1cnc(NC(=O)c2ccccc2F)[se]1.Cn1nc(-c2ccccc2F)cc1-c1cnc(NC(=O)c2ccccc2F)[se]1. The van der Waals surface area contributed by atoms with E-state index in [2.05, 4.69) is 30.8 Å². The van der Waals surface area contributed by atoms with E-state index in [0.717, 1.165) is 16.2 Å². The molecule has 10 nitrogen and oxygen atoms in total. The third kappa shape index (κ3) is 8.63. The average Bonchev–Trinajstić information content (AvgIpc) is 3.96. The third-order valence-electron chi connectivity index (χ3n) is 7.59. The van der Waals surface area contributed by atoms with Crippen LogP contribution in [0.1, 0.15) is 33.3 Å². The number of benzene rings is 3. The van der Waals surface area contributed by atoms with E-state index in [4.69, 9.17) is 0 Å². The van der Waals surface area contributed by atoms with Gasteiger partial charge in [0.2, 0.25) is 0 Å². The molecular formula is C36H26F6N8O2Se2. The minimum absolute atomic E-state index is 0.0307. The molecule has 0 radical (unpaired) electrons. The normalized spacial score (nSPS) is 11.2. The number of amides is 2. The van der Waals surface area contributed by atoms with Crippen molar-refractivity contribution in [2.45, 2.75) is 19.6 Å². The Hall–Kier alpha value is -5.54. The van der Waals surface area contributed by atoms with Crippen molar-refractivity contribution in [3.63, 3.8) is 0 Å². The molecule has 7 rings (SSSR count). The zero-order valence-electron chi connectivity index (χ0n) is 28.0. The summed E-state index contributed by atoms with van der Waals surface area (Å²) in [7, 11) is 1.77. The molecule has 0 fully saturated rings. The molecule has 0 spiro atoms. The van der Waals surface area contributed by atoms with Crippen molar-refractivity contribution in [1.29, 1.82) is 0 Å². The number of halogens is 6. The fraction of sp³-hybridized carbons (Fsp3) is 0.111. The predicted octanol–water partition coefficient (Wildman–Crippen LogP) is 7.17. The second-order valence-corrected chi connectivity index (χ2v) is 15.5. The van der Waals surface area contributed by atoms with Gasteiger partial charge in [0.15, 0.2) is 0 Å². The van der Waals surface area contributed by atoms with Crippen molar-refractivity contribution < 1.29 is 35.9 Å². The molecule has 3 aromatic carbocycles. The fourth-order valence-electron chi connectivity index (χ4n) is 5.01. The molecule has 0 aliphatic carbocycles. The van der Waals surface area contributed by atoms with Gasteiger partial charge < -0.3 is 0 Å². The molecule has 0 saturated carbocycles. The van der Waals surface area contributed by atoms with E-state index in [1.807, 2.05) is 0 Å². The molecule has 4 heterocycles. The Labute approximate surface area is 315 Å². The first-order valence-electron chi connectivity index (χ1n) is 15.8. The Bertz CT molecular complexity index is 2450. The Kier molecular flexibility index (Phi) is 11.5. The maximum absolute atomic E-state index is 14.0. The summed E-state index contributed by atoms with van der Waals surface area (Å²) >= 11 is -0.821. The molecule has 0 unspecified atom stereocenters. The van der Waals surface area contributed by atoms with Gasteiger partial charge in [0.05, 0.1) is 0 Å². The van der Waals surface area contributed by atoms with Crippen LogP contribution in [0.3, 0.4) is 0 Å². The number of anilines is 2. The topological polar surface area (TPSA) is 120 Å². The van der Waals surface area contributed by atoms with E-state index >= 15 is 0 Å². The summed E-state index contributed by atoms with van der Waals surface area (Å²) in [6, 6.07) is 20.5. The van der Waals surface area contributed by atoms with Crippen LogP contribution in [0.2, 0.25) is 0 Å². The van der Waals surface area contributed by atoms with Crippen LogP contribution in [-0.2, 0) is 19.8 Å². The van der Waals surface area contributed by atoms with Crippen molar-refractivity contribution in [3.05, 3.63) is 132 Å². The Balaban J connectivity index is 0.000000185. The molecule has 18 heteroatoms. The van der Waals surface area contributed by atoms with Gasteiger partial charge in [-0.3, -0.25) is 0 Å². The van der Waals surface area contributed by atoms with Crippen molar-refractivity contribution in [1.82, 2.24) is 29.5 Å². The number of aromatic nitrogens is 6. The number of hydrogen-bond donors (Lipinski definition) is 2. The van der Waals surface area contributed by atoms with Gasteiger partial charge in [0.25, 0.3) is 0 Å². The average molecular weight is 875 g/mol. The van der Waals surface area contributed by atoms with E-state index in [0.29, 0.717) is 26.1 Å². The van der Waals surface area contributed by atoms with E-state index in [1.165, 1.54) is 59.4 Å². The summed E-state index contributed by atoms with van der Waals surface area (Å²) in [5.74, 6) is -2.78. The van der Waals surface area contributed by atoms with Crippen LogP contribution in [-0.4, -0.2) is 70.4 Å². The third-order valence-corrected chi connectivity index (χ3v) is 11.5. The van der Waals surface area contributed by atoms with Gasteiger partial charge in [-0.1, -0.05) is 0 Å². The molecule has 276 valence electrons. The number of alkyl halides is 3. The molecule has 4 aromatic heterocycles. The van der Waals surface area contributed by atoms with E-state index in [-0.39, 0.29) is 42.7 Å². The number of rotatable bonds is 8. The number of aryl methyl sites for hydroxylation is 2. The molecule has 0 saturated heterocycles. The molecule has 2 N–H and O–H groups in total. The van der Waals surface area contributed by atoms with E-state index in [9.17, 15) is 35.9 Å². The van der Waals surface area contributed by atoms with E-state index < -0.39 is 49.8 Å². The number of nitrogens with zero attached hydrogens (tertiary/aromatic N) is 6. The van der Waals surface area contributed by atoms with Crippen LogP contribution >= 0.6 is 0 Å². The van der Waals surface area contributed by atoms with Crippen LogP contribution in [0, 0.1) is 17.5 Å². The van der Waals surface area contributed by atoms with Gasteiger partial charge in [0.1, 0.15) is 0 Å². The zero-order valence-corrected chi connectivity index (χ0v) is 31.5. The van der Waals surface area contributed by atoms with Crippen molar-refractivity contribution >= 4 is 50.2 Å². The monoisotopic (exact) mass is 876 g/mol. The maximum atomic E-state index is 14.0. The molecule has 0 bridgehead atoms. The van der Waals surface area contributed by atoms with Crippen LogP contribution in [0.5, 0.6) is 0 Å². The van der Waals surface area contributed by atoms with Crippen LogP contribution in [0.25, 0.3) is 31.5 Å².